The molecule has 0 bridgehead atoms. The number of imide groups is 1. The van der Waals surface area contributed by atoms with Crippen molar-refractivity contribution < 1.29 is 9.59 Å². The number of nitrogens with one attached hydrogen (secondary N) is 1. The summed E-state index contributed by atoms with van der Waals surface area (Å²) in [4.78, 5) is 23.3. The van der Waals surface area contributed by atoms with E-state index in [1.807, 2.05) is 0 Å². The third-order valence-corrected chi connectivity index (χ3v) is 3.94. The number of hydrogen-bond donors (Lipinski definition) is 1. The highest BCUT2D eigenvalue weighted by Crippen LogP contribution is 2.37. The first-order valence-electron chi connectivity index (χ1n) is 6.75. The first kappa shape index (κ1) is 12.3. The van der Waals surface area contributed by atoms with Crippen LogP contribution in [0.4, 0.5) is 0 Å². The maximum atomic E-state index is 11.8. The standard InChI is InChI=1S/C14H21NO2/c1-2-3-4-5-7-10-8-6-9-11-12(10)14(17)15-13(11)16/h6,8,10-12H,2-5,7,9H2,1H3,(H,15,16,17). The molecule has 1 aliphatic heterocycles. The van der Waals surface area contributed by atoms with Gasteiger partial charge < -0.3 is 0 Å². The van der Waals surface area contributed by atoms with Crippen molar-refractivity contribution in [2.45, 2.75) is 45.4 Å². The van der Waals surface area contributed by atoms with Gasteiger partial charge in [-0.05, 0) is 18.8 Å². The van der Waals surface area contributed by atoms with Crippen molar-refractivity contribution in [3.63, 3.8) is 0 Å². The number of carbonyl (C=O) groups excluding carboxylic acids is 2. The largest absolute Gasteiger partial charge is 0.296 e. The van der Waals surface area contributed by atoms with Gasteiger partial charge in [-0.3, -0.25) is 14.9 Å². The number of hydrogen-bond acceptors (Lipinski definition) is 2. The average Bonchev–Trinajstić information content (AvgIpc) is 2.62. The van der Waals surface area contributed by atoms with Gasteiger partial charge in [0.2, 0.25) is 11.8 Å². The average molecular weight is 235 g/mol. The maximum absolute atomic E-state index is 11.8. The van der Waals surface area contributed by atoms with Crippen LogP contribution in [-0.4, -0.2) is 11.8 Å². The first-order chi connectivity index (χ1) is 8.24. The fraction of sp³-hybridized carbons (Fsp3) is 0.714. The van der Waals surface area contributed by atoms with E-state index in [1.54, 1.807) is 0 Å². The summed E-state index contributed by atoms with van der Waals surface area (Å²) in [5.41, 5.74) is 0. The molecule has 0 aromatic carbocycles. The van der Waals surface area contributed by atoms with E-state index in [-0.39, 0.29) is 29.6 Å². The van der Waals surface area contributed by atoms with Gasteiger partial charge in [0.05, 0.1) is 11.8 Å². The number of rotatable bonds is 5. The number of unbranched alkanes of at least 4 members (excludes halogenated alkanes) is 3. The minimum atomic E-state index is -0.0938. The zero-order valence-corrected chi connectivity index (χ0v) is 10.4. The molecule has 0 aromatic heterocycles. The molecular weight excluding hydrogens is 214 g/mol. The summed E-state index contributed by atoms with van der Waals surface area (Å²) in [7, 11) is 0. The van der Waals surface area contributed by atoms with Gasteiger partial charge in [0.25, 0.3) is 0 Å². The molecule has 1 N–H and O–H groups in total. The van der Waals surface area contributed by atoms with Crippen LogP contribution in [0.1, 0.15) is 45.4 Å². The Bertz CT molecular complexity index is 335. The smallest absolute Gasteiger partial charge is 0.231 e. The molecule has 2 amide bonds. The molecule has 1 saturated heterocycles. The summed E-state index contributed by atoms with van der Waals surface area (Å²) in [6.07, 6.45) is 10.9. The third-order valence-electron chi connectivity index (χ3n) is 3.94. The lowest BCUT2D eigenvalue weighted by Crippen LogP contribution is -2.28. The summed E-state index contributed by atoms with van der Waals surface area (Å²) in [6.45, 7) is 2.19. The van der Waals surface area contributed by atoms with Gasteiger partial charge in [-0.15, -0.1) is 0 Å². The van der Waals surface area contributed by atoms with Gasteiger partial charge in [-0.2, -0.15) is 0 Å². The second-order valence-corrected chi connectivity index (χ2v) is 5.16. The van der Waals surface area contributed by atoms with Crippen molar-refractivity contribution in [3.8, 4) is 0 Å². The van der Waals surface area contributed by atoms with Crippen LogP contribution < -0.4 is 5.32 Å². The molecule has 3 nitrogen and oxygen atoms in total. The van der Waals surface area contributed by atoms with E-state index in [4.69, 9.17) is 0 Å². The van der Waals surface area contributed by atoms with Crippen molar-refractivity contribution in [1.29, 1.82) is 0 Å². The highest BCUT2D eigenvalue weighted by Gasteiger charge is 2.45. The van der Waals surface area contributed by atoms with E-state index in [2.05, 4.69) is 24.4 Å². The van der Waals surface area contributed by atoms with Crippen LogP contribution in [0.25, 0.3) is 0 Å². The molecule has 1 fully saturated rings. The van der Waals surface area contributed by atoms with E-state index < -0.39 is 0 Å². The zero-order valence-electron chi connectivity index (χ0n) is 10.4. The molecule has 3 atom stereocenters. The van der Waals surface area contributed by atoms with Crippen molar-refractivity contribution in [2.24, 2.45) is 17.8 Å². The molecule has 1 heterocycles. The van der Waals surface area contributed by atoms with Gasteiger partial charge in [-0.25, -0.2) is 0 Å². The molecule has 3 unspecified atom stereocenters. The highest BCUT2D eigenvalue weighted by molar-refractivity contribution is 6.05. The van der Waals surface area contributed by atoms with E-state index in [0.717, 1.165) is 19.3 Å². The van der Waals surface area contributed by atoms with Crippen LogP contribution in [0, 0.1) is 17.8 Å². The minimum Gasteiger partial charge on any atom is -0.296 e. The lowest BCUT2D eigenvalue weighted by Gasteiger charge is -2.26. The molecule has 3 heteroatoms. The second-order valence-electron chi connectivity index (χ2n) is 5.16. The van der Waals surface area contributed by atoms with Crippen molar-refractivity contribution in [2.75, 3.05) is 0 Å². The zero-order chi connectivity index (χ0) is 12.3. The Balaban J connectivity index is 1.93. The first-order valence-corrected chi connectivity index (χ1v) is 6.75. The van der Waals surface area contributed by atoms with E-state index in [1.165, 1.54) is 19.3 Å². The van der Waals surface area contributed by atoms with Crippen molar-refractivity contribution >= 4 is 11.8 Å². The Morgan fingerprint density at radius 1 is 1.24 bits per heavy atom. The summed E-state index contributed by atoms with van der Waals surface area (Å²) in [5.74, 6) is -0.0254. The van der Waals surface area contributed by atoms with Gasteiger partial charge in [0.1, 0.15) is 0 Å². The van der Waals surface area contributed by atoms with Gasteiger partial charge in [0, 0.05) is 0 Å². The normalized spacial score (nSPS) is 31.5. The maximum Gasteiger partial charge on any atom is 0.231 e. The lowest BCUT2D eigenvalue weighted by atomic mass is 9.75. The number of allylic oxidation sites excluding steroid dienone is 2. The summed E-state index contributed by atoms with van der Waals surface area (Å²) in [5, 5.41) is 2.47. The van der Waals surface area contributed by atoms with Crippen LogP contribution in [-0.2, 0) is 9.59 Å². The van der Waals surface area contributed by atoms with Crippen LogP contribution in [0.5, 0.6) is 0 Å². The molecule has 1 aliphatic carbocycles. The Morgan fingerprint density at radius 2 is 2.06 bits per heavy atom. The fourth-order valence-corrected chi connectivity index (χ4v) is 2.99. The molecule has 0 spiro atoms. The summed E-state index contributed by atoms with van der Waals surface area (Å²) >= 11 is 0. The SMILES string of the molecule is CCCCCCC1C=CCC2C(=O)NC(=O)C12. The molecule has 94 valence electrons. The molecule has 0 aromatic rings. The Kier molecular flexibility index (Phi) is 3.97. The lowest BCUT2D eigenvalue weighted by molar-refractivity contribution is -0.126. The third kappa shape index (κ3) is 2.59. The van der Waals surface area contributed by atoms with Crippen molar-refractivity contribution in [1.82, 2.24) is 5.32 Å². The Morgan fingerprint density at radius 3 is 2.82 bits per heavy atom. The Hall–Kier alpha value is -1.12. The van der Waals surface area contributed by atoms with Gasteiger partial charge in [-0.1, -0.05) is 44.8 Å². The summed E-state index contributed by atoms with van der Waals surface area (Å²) < 4.78 is 0. The second kappa shape index (κ2) is 5.48. The van der Waals surface area contributed by atoms with E-state index in [9.17, 15) is 9.59 Å². The Labute approximate surface area is 103 Å². The predicted octanol–water partition coefficient (Wildman–Crippen LogP) is 2.42. The molecule has 0 saturated carbocycles. The monoisotopic (exact) mass is 235 g/mol. The fourth-order valence-electron chi connectivity index (χ4n) is 2.99. The van der Waals surface area contributed by atoms with Crippen LogP contribution in [0.15, 0.2) is 12.2 Å². The van der Waals surface area contributed by atoms with E-state index in [0.29, 0.717) is 0 Å². The van der Waals surface area contributed by atoms with E-state index >= 15 is 0 Å². The summed E-state index contributed by atoms with van der Waals surface area (Å²) in [6, 6.07) is 0. The number of amides is 2. The highest BCUT2D eigenvalue weighted by atomic mass is 16.2. The van der Waals surface area contributed by atoms with Crippen LogP contribution in [0.2, 0.25) is 0 Å². The predicted molar refractivity (Wildman–Crippen MR) is 66.1 cm³/mol. The van der Waals surface area contributed by atoms with Crippen LogP contribution in [0.3, 0.4) is 0 Å². The van der Waals surface area contributed by atoms with Gasteiger partial charge in [0.15, 0.2) is 0 Å². The molecule has 2 rings (SSSR count). The number of carbonyl (C=O) groups is 2. The minimum absolute atomic E-state index is 0.0511. The van der Waals surface area contributed by atoms with Crippen molar-refractivity contribution in [3.05, 3.63) is 12.2 Å². The van der Waals surface area contributed by atoms with Crippen LogP contribution >= 0.6 is 0 Å². The molecular formula is C14H21NO2. The molecule has 0 radical (unpaired) electrons. The van der Waals surface area contributed by atoms with Gasteiger partial charge >= 0.3 is 0 Å². The molecule has 17 heavy (non-hydrogen) atoms. The topological polar surface area (TPSA) is 46.2 Å². The quantitative estimate of drug-likeness (QED) is 0.452. The molecule has 2 aliphatic rings. The number of fused-ring (bicyclic) bond motifs is 1.